The van der Waals surface area contributed by atoms with E-state index in [0.29, 0.717) is 5.69 Å². The molecule has 1 N–H and O–H groups in total. The van der Waals surface area contributed by atoms with Crippen molar-refractivity contribution in [3.05, 3.63) is 59.2 Å². The van der Waals surface area contributed by atoms with Crippen LogP contribution >= 0.6 is 0 Å². The van der Waals surface area contributed by atoms with Crippen LogP contribution < -0.4 is 10.1 Å². The van der Waals surface area contributed by atoms with E-state index in [-0.39, 0.29) is 17.9 Å². The number of hydrogen-bond acceptors (Lipinski definition) is 2. The Labute approximate surface area is 113 Å². The van der Waals surface area contributed by atoms with Crippen molar-refractivity contribution >= 4 is 5.69 Å². The van der Waals surface area contributed by atoms with E-state index in [0.717, 1.165) is 12.1 Å². The molecular formula is C14H11F4NO. The molecule has 0 saturated heterocycles. The summed E-state index contributed by atoms with van der Waals surface area (Å²) in [6, 6.07) is 5.85. The van der Waals surface area contributed by atoms with E-state index < -0.39 is 23.3 Å². The second kappa shape index (κ2) is 5.81. The molecule has 2 rings (SSSR count). The summed E-state index contributed by atoms with van der Waals surface area (Å²) in [6.45, 7) is 0.0584. The second-order valence-electron chi connectivity index (χ2n) is 4.08. The summed E-state index contributed by atoms with van der Waals surface area (Å²) < 4.78 is 56.8. The smallest absolute Gasteiger partial charge is 0.194 e. The van der Waals surface area contributed by atoms with Crippen LogP contribution in [-0.4, -0.2) is 7.11 Å². The Morgan fingerprint density at radius 3 is 2.20 bits per heavy atom. The molecule has 106 valence electrons. The lowest BCUT2D eigenvalue weighted by Gasteiger charge is -2.09. The van der Waals surface area contributed by atoms with E-state index >= 15 is 0 Å². The summed E-state index contributed by atoms with van der Waals surface area (Å²) in [7, 11) is 1.33. The molecule has 20 heavy (non-hydrogen) atoms. The van der Waals surface area contributed by atoms with Crippen LogP contribution in [0.15, 0.2) is 30.3 Å². The van der Waals surface area contributed by atoms with Gasteiger partial charge in [-0.15, -0.1) is 0 Å². The SMILES string of the molecule is COc1cc(NCc2cc(F)c(F)c(F)c2)ccc1F. The molecule has 6 heteroatoms. The van der Waals surface area contributed by atoms with Crippen molar-refractivity contribution in [3.63, 3.8) is 0 Å². The quantitative estimate of drug-likeness (QED) is 0.680. The average Bonchev–Trinajstić information content (AvgIpc) is 2.43. The zero-order valence-electron chi connectivity index (χ0n) is 10.5. The van der Waals surface area contributed by atoms with Crippen molar-refractivity contribution in [3.8, 4) is 5.75 Å². The van der Waals surface area contributed by atoms with Crippen molar-refractivity contribution in [2.45, 2.75) is 6.54 Å². The minimum Gasteiger partial charge on any atom is -0.494 e. The van der Waals surface area contributed by atoms with Gasteiger partial charge in [0.2, 0.25) is 0 Å². The number of methoxy groups -OCH3 is 1. The minimum atomic E-state index is -1.50. The van der Waals surface area contributed by atoms with E-state index in [9.17, 15) is 17.6 Å². The third-order valence-electron chi connectivity index (χ3n) is 2.69. The molecular weight excluding hydrogens is 274 g/mol. The zero-order chi connectivity index (χ0) is 14.7. The topological polar surface area (TPSA) is 21.3 Å². The van der Waals surface area contributed by atoms with Gasteiger partial charge < -0.3 is 10.1 Å². The second-order valence-corrected chi connectivity index (χ2v) is 4.08. The van der Waals surface area contributed by atoms with Crippen molar-refractivity contribution < 1.29 is 22.3 Å². The number of halogens is 4. The van der Waals surface area contributed by atoms with Gasteiger partial charge in [-0.25, -0.2) is 17.6 Å². The predicted octanol–water partition coefficient (Wildman–Crippen LogP) is 3.86. The van der Waals surface area contributed by atoms with Gasteiger partial charge in [-0.1, -0.05) is 0 Å². The summed E-state index contributed by atoms with van der Waals surface area (Å²) >= 11 is 0. The molecule has 2 aromatic carbocycles. The van der Waals surface area contributed by atoms with Crippen LogP contribution in [0.3, 0.4) is 0 Å². The molecule has 0 spiro atoms. The first-order chi connectivity index (χ1) is 9.51. The molecule has 0 bridgehead atoms. The minimum absolute atomic E-state index is 0.0477. The lowest BCUT2D eigenvalue weighted by atomic mass is 10.2. The summed E-state index contributed by atoms with van der Waals surface area (Å²) in [5.41, 5.74) is 0.734. The third-order valence-corrected chi connectivity index (χ3v) is 2.69. The molecule has 0 amide bonds. The largest absolute Gasteiger partial charge is 0.494 e. The normalized spacial score (nSPS) is 10.4. The maximum absolute atomic E-state index is 13.2. The van der Waals surface area contributed by atoms with Gasteiger partial charge in [0.1, 0.15) is 0 Å². The van der Waals surface area contributed by atoms with Crippen LogP contribution in [-0.2, 0) is 6.54 Å². The molecule has 0 aliphatic heterocycles. The summed E-state index contributed by atoms with van der Waals surface area (Å²) in [4.78, 5) is 0. The van der Waals surface area contributed by atoms with Gasteiger partial charge in [-0.3, -0.25) is 0 Å². The Hall–Kier alpha value is -2.24. The molecule has 0 aliphatic rings. The molecule has 0 aliphatic carbocycles. The predicted molar refractivity (Wildman–Crippen MR) is 66.6 cm³/mol. The maximum Gasteiger partial charge on any atom is 0.194 e. The number of nitrogens with one attached hydrogen (secondary N) is 1. The number of hydrogen-bond donors (Lipinski definition) is 1. The van der Waals surface area contributed by atoms with Gasteiger partial charge in [0, 0.05) is 18.3 Å². The number of ether oxygens (including phenoxy) is 1. The highest BCUT2D eigenvalue weighted by Crippen LogP contribution is 2.22. The summed E-state index contributed by atoms with van der Waals surface area (Å²) in [5, 5.41) is 2.83. The average molecular weight is 285 g/mol. The molecule has 2 aromatic rings. The molecule has 0 heterocycles. The van der Waals surface area contributed by atoms with Crippen LogP contribution in [0.1, 0.15) is 5.56 Å². The van der Waals surface area contributed by atoms with Gasteiger partial charge in [-0.05, 0) is 29.8 Å². The van der Waals surface area contributed by atoms with Crippen LogP contribution in [0.2, 0.25) is 0 Å². The van der Waals surface area contributed by atoms with Gasteiger partial charge in [-0.2, -0.15) is 0 Å². The lowest BCUT2D eigenvalue weighted by Crippen LogP contribution is -2.03. The van der Waals surface area contributed by atoms with Gasteiger partial charge in [0.05, 0.1) is 7.11 Å². The highest BCUT2D eigenvalue weighted by molar-refractivity contribution is 5.49. The van der Waals surface area contributed by atoms with Crippen LogP contribution in [0.4, 0.5) is 23.2 Å². The molecule has 0 unspecified atom stereocenters. The van der Waals surface area contributed by atoms with Crippen LogP contribution in [0.5, 0.6) is 5.75 Å². The van der Waals surface area contributed by atoms with Crippen molar-refractivity contribution in [2.75, 3.05) is 12.4 Å². The van der Waals surface area contributed by atoms with E-state index in [1.807, 2.05) is 0 Å². The number of rotatable bonds is 4. The maximum atomic E-state index is 13.2. The first-order valence-corrected chi connectivity index (χ1v) is 5.72. The lowest BCUT2D eigenvalue weighted by molar-refractivity contribution is 0.387. The molecule has 0 fully saturated rings. The summed E-state index contributed by atoms with van der Waals surface area (Å²) in [6.07, 6.45) is 0. The Morgan fingerprint density at radius 2 is 1.60 bits per heavy atom. The third kappa shape index (κ3) is 3.01. The highest BCUT2D eigenvalue weighted by Gasteiger charge is 2.10. The Balaban J connectivity index is 2.13. The fourth-order valence-corrected chi connectivity index (χ4v) is 1.68. The first kappa shape index (κ1) is 14.2. The fraction of sp³-hybridized carbons (Fsp3) is 0.143. The van der Waals surface area contributed by atoms with E-state index in [1.165, 1.54) is 25.3 Å². The van der Waals surface area contributed by atoms with Gasteiger partial charge in [0.25, 0.3) is 0 Å². The monoisotopic (exact) mass is 285 g/mol. The number of anilines is 1. The Bertz CT molecular complexity index is 608. The number of benzene rings is 2. The first-order valence-electron chi connectivity index (χ1n) is 5.72. The van der Waals surface area contributed by atoms with Gasteiger partial charge >= 0.3 is 0 Å². The molecule has 0 saturated carbocycles. The van der Waals surface area contributed by atoms with E-state index in [4.69, 9.17) is 4.74 Å². The molecule has 0 atom stereocenters. The Morgan fingerprint density at radius 1 is 0.950 bits per heavy atom. The zero-order valence-corrected chi connectivity index (χ0v) is 10.5. The van der Waals surface area contributed by atoms with Crippen molar-refractivity contribution in [1.29, 1.82) is 0 Å². The van der Waals surface area contributed by atoms with E-state index in [1.54, 1.807) is 0 Å². The summed E-state index contributed by atoms with van der Waals surface area (Å²) in [5.74, 6) is -4.47. The van der Waals surface area contributed by atoms with Crippen molar-refractivity contribution in [2.24, 2.45) is 0 Å². The van der Waals surface area contributed by atoms with Crippen molar-refractivity contribution in [1.82, 2.24) is 0 Å². The van der Waals surface area contributed by atoms with Crippen LogP contribution in [0, 0.1) is 23.3 Å². The van der Waals surface area contributed by atoms with Crippen LogP contribution in [0.25, 0.3) is 0 Å². The van der Waals surface area contributed by atoms with Gasteiger partial charge in [0.15, 0.2) is 29.0 Å². The fourth-order valence-electron chi connectivity index (χ4n) is 1.68. The highest BCUT2D eigenvalue weighted by atomic mass is 19.2. The Kier molecular flexibility index (Phi) is 4.12. The standard InChI is InChI=1S/C14H11F4NO/c1-20-13-6-9(2-3-10(13)15)19-7-8-4-11(16)14(18)12(17)5-8/h2-6,19H,7H2,1H3. The van der Waals surface area contributed by atoms with E-state index in [2.05, 4.69) is 5.32 Å². The molecule has 2 nitrogen and oxygen atoms in total. The molecule has 0 radical (unpaired) electrons. The molecule has 0 aromatic heterocycles.